The Bertz CT molecular complexity index is 2160. The zero-order valence-electron chi connectivity index (χ0n) is 29.5. The molecular formula is C46H44NV2-. The van der Waals surface area contributed by atoms with E-state index in [9.17, 15) is 0 Å². The zero-order chi connectivity index (χ0) is 31.6. The third kappa shape index (κ3) is 4.74. The molecule has 0 N–H and O–H groups in total. The molecule has 2 radical (unpaired) electrons. The largest absolute Gasteiger partial charge is 0.358 e. The zero-order valence-corrected chi connectivity index (χ0v) is 32.3. The minimum absolute atomic E-state index is 0. The molecule has 0 saturated heterocycles. The molecule has 9 rings (SSSR count). The summed E-state index contributed by atoms with van der Waals surface area (Å²) in [5, 5.41) is 0. The van der Waals surface area contributed by atoms with E-state index in [4.69, 9.17) is 0 Å². The van der Waals surface area contributed by atoms with Crippen LogP contribution in [-0.2, 0) is 53.4 Å². The van der Waals surface area contributed by atoms with Crippen LogP contribution in [0.3, 0.4) is 0 Å². The fourth-order valence-corrected chi connectivity index (χ4v) is 9.01. The first-order valence-corrected chi connectivity index (χ1v) is 16.6. The maximum absolute atomic E-state index is 2.54. The van der Waals surface area contributed by atoms with Crippen LogP contribution >= 0.6 is 0 Å². The number of nitrogens with zero attached hydrogens (tertiary/aromatic N) is 1. The maximum atomic E-state index is 2.54. The summed E-state index contributed by atoms with van der Waals surface area (Å²) >= 11 is 0. The van der Waals surface area contributed by atoms with Crippen LogP contribution in [0.1, 0.15) is 76.3 Å². The van der Waals surface area contributed by atoms with Crippen molar-refractivity contribution in [2.75, 3.05) is 4.90 Å². The summed E-state index contributed by atoms with van der Waals surface area (Å²) in [5.41, 5.74) is 19.8. The van der Waals surface area contributed by atoms with Crippen LogP contribution in [0, 0.1) is 7.43 Å². The number of hydrogen-bond donors (Lipinski definition) is 0. The van der Waals surface area contributed by atoms with Crippen LogP contribution in [0.25, 0.3) is 33.4 Å². The van der Waals surface area contributed by atoms with Crippen molar-refractivity contribution in [2.24, 2.45) is 0 Å². The van der Waals surface area contributed by atoms with Gasteiger partial charge in [-0.15, -0.1) is 0 Å². The monoisotopic (exact) mass is 712 g/mol. The Labute approximate surface area is 318 Å². The van der Waals surface area contributed by atoms with Crippen molar-refractivity contribution in [2.45, 2.75) is 57.8 Å². The maximum Gasteiger partial charge on any atom is 0.0543 e. The summed E-state index contributed by atoms with van der Waals surface area (Å²) in [5.74, 6) is 0. The Balaban J connectivity index is 0.00000121. The predicted octanol–water partition coefficient (Wildman–Crippen LogP) is 12.8. The van der Waals surface area contributed by atoms with E-state index in [0.29, 0.717) is 0 Å². The third-order valence-corrected chi connectivity index (χ3v) is 11.5. The minimum Gasteiger partial charge on any atom is -0.358 e. The van der Waals surface area contributed by atoms with Gasteiger partial charge < -0.3 is 12.3 Å². The van der Waals surface area contributed by atoms with Gasteiger partial charge in [0.25, 0.3) is 0 Å². The first-order chi connectivity index (χ1) is 22.1. The van der Waals surface area contributed by atoms with Crippen molar-refractivity contribution in [1.82, 2.24) is 0 Å². The molecule has 0 saturated carbocycles. The topological polar surface area (TPSA) is 3.24 Å². The Kier molecular flexibility index (Phi) is 8.58. The number of anilines is 3. The molecule has 6 aromatic rings. The SMILES string of the molecule is CC1(C)c2ccccc2-c2ccc(N(c3ccc4c(c3)C(C)(C)c3ccccc3-4)c3cccc4c3-c3ccccc3C4(C)C)cc21.[CH3-].[HH].[V].[V]. The third-order valence-electron chi connectivity index (χ3n) is 11.5. The summed E-state index contributed by atoms with van der Waals surface area (Å²) in [6, 6.07) is 48.1. The van der Waals surface area contributed by atoms with Gasteiger partial charge in [-0.2, -0.15) is 0 Å². The summed E-state index contributed by atoms with van der Waals surface area (Å²) in [7, 11) is 0. The molecule has 0 spiro atoms. The second-order valence-corrected chi connectivity index (χ2v) is 15.0. The van der Waals surface area contributed by atoms with Crippen molar-refractivity contribution in [1.29, 1.82) is 0 Å². The summed E-state index contributed by atoms with van der Waals surface area (Å²) in [6.07, 6.45) is 0. The molecule has 0 atom stereocenters. The van der Waals surface area contributed by atoms with Crippen LogP contribution in [0.5, 0.6) is 0 Å². The van der Waals surface area contributed by atoms with Crippen LogP contribution in [-0.4, -0.2) is 0 Å². The van der Waals surface area contributed by atoms with E-state index in [1.165, 1.54) is 83.8 Å². The van der Waals surface area contributed by atoms with Crippen LogP contribution in [0.15, 0.2) is 127 Å². The fourth-order valence-electron chi connectivity index (χ4n) is 9.01. The molecule has 3 heteroatoms. The summed E-state index contributed by atoms with van der Waals surface area (Å²) < 4.78 is 0. The second kappa shape index (κ2) is 12.0. The van der Waals surface area contributed by atoms with E-state index in [1.54, 1.807) is 0 Å². The molecule has 3 aliphatic rings. The quantitative estimate of drug-likeness (QED) is 0.165. The average molecular weight is 713 g/mol. The van der Waals surface area contributed by atoms with Gasteiger partial charge in [0.1, 0.15) is 0 Å². The summed E-state index contributed by atoms with van der Waals surface area (Å²) in [6.45, 7) is 14.2. The smallest absolute Gasteiger partial charge is 0.0543 e. The molecule has 1 nitrogen and oxygen atoms in total. The second-order valence-electron chi connectivity index (χ2n) is 15.0. The van der Waals surface area contributed by atoms with Gasteiger partial charge in [-0.1, -0.05) is 139 Å². The number of rotatable bonds is 3. The van der Waals surface area contributed by atoms with Gasteiger partial charge in [-0.3, -0.25) is 0 Å². The van der Waals surface area contributed by atoms with Gasteiger partial charge in [-0.25, -0.2) is 0 Å². The van der Waals surface area contributed by atoms with Gasteiger partial charge in [0.2, 0.25) is 0 Å². The molecular weight excluding hydrogens is 668 g/mol. The first kappa shape index (κ1) is 35.1. The van der Waals surface area contributed by atoms with Crippen molar-refractivity contribution in [3.63, 3.8) is 0 Å². The molecule has 0 amide bonds. The number of hydrogen-bond acceptors (Lipinski definition) is 1. The Morgan fingerprint density at radius 2 is 0.755 bits per heavy atom. The molecule has 0 aliphatic heterocycles. The van der Waals surface area contributed by atoms with Gasteiger partial charge in [-0.05, 0) is 91.5 Å². The molecule has 0 unspecified atom stereocenters. The van der Waals surface area contributed by atoms with Crippen LogP contribution in [0.4, 0.5) is 17.1 Å². The Hall–Kier alpha value is -3.71. The first-order valence-electron chi connectivity index (χ1n) is 16.6. The molecule has 0 aromatic heterocycles. The van der Waals surface area contributed by atoms with Crippen molar-refractivity contribution >= 4 is 17.1 Å². The van der Waals surface area contributed by atoms with E-state index in [2.05, 4.69) is 174 Å². The minimum atomic E-state index is -0.0809. The number of benzene rings is 6. The Morgan fingerprint density at radius 3 is 1.24 bits per heavy atom. The fraction of sp³-hybridized carbons (Fsp3) is 0.196. The summed E-state index contributed by atoms with van der Waals surface area (Å²) in [4.78, 5) is 2.54. The van der Waals surface area contributed by atoms with Crippen molar-refractivity contribution < 1.29 is 38.5 Å². The molecule has 244 valence electrons. The van der Waals surface area contributed by atoms with E-state index < -0.39 is 0 Å². The standard InChI is InChI=1S/C45H39N.CH3.2V.H2/c1-43(2)37-19-12-9-16-34(37)42-38(43)20-13-21-41(42)46(28-22-24-32-30-14-7-10-17-35(30)44(3,4)39(32)26-28)29-23-25-33-31-15-8-11-18-36(31)45(5,6)40(33)27-29;;;;/h7-27H,1-6H3;1H3;;;1H/q;-1;;;. The van der Waals surface area contributed by atoms with E-state index in [-0.39, 0.29) is 62.2 Å². The molecule has 3 aliphatic carbocycles. The molecule has 0 bridgehead atoms. The van der Waals surface area contributed by atoms with Crippen LogP contribution < -0.4 is 4.90 Å². The van der Waals surface area contributed by atoms with Gasteiger partial charge >= 0.3 is 0 Å². The van der Waals surface area contributed by atoms with Gasteiger partial charge in [0, 0.05) is 71.7 Å². The number of fused-ring (bicyclic) bond motifs is 9. The average Bonchev–Trinajstić information content (AvgIpc) is 3.55. The van der Waals surface area contributed by atoms with E-state index in [1.807, 2.05) is 0 Å². The normalized spacial score (nSPS) is 15.6. The van der Waals surface area contributed by atoms with Gasteiger partial charge in [0.15, 0.2) is 0 Å². The molecule has 0 fully saturated rings. The molecule has 0 heterocycles. The molecule has 6 aromatic carbocycles. The molecule has 49 heavy (non-hydrogen) atoms. The van der Waals surface area contributed by atoms with Gasteiger partial charge in [0.05, 0.1) is 5.69 Å². The van der Waals surface area contributed by atoms with E-state index >= 15 is 0 Å². The Morgan fingerprint density at radius 1 is 0.388 bits per heavy atom. The van der Waals surface area contributed by atoms with Crippen molar-refractivity contribution in [3.8, 4) is 33.4 Å². The predicted molar refractivity (Wildman–Crippen MR) is 202 cm³/mol. The van der Waals surface area contributed by atoms with E-state index in [0.717, 1.165) is 0 Å². The van der Waals surface area contributed by atoms with Crippen LogP contribution in [0.2, 0.25) is 0 Å². The van der Waals surface area contributed by atoms with Crippen molar-refractivity contribution in [3.05, 3.63) is 168 Å².